The van der Waals surface area contributed by atoms with Gasteiger partial charge >= 0.3 is 0 Å². The molecule has 1 aliphatic rings. The topological polar surface area (TPSA) is 67.9 Å². The molecule has 1 aromatic rings. The largest absolute Gasteiger partial charge is 0.332 e. The predicted octanol–water partition coefficient (Wildman–Crippen LogP) is 0.609. The molecule has 1 heterocycles. The van der Waals surface area contributed by atoms with Crippen LogP contribution in [0.4, 0.5) is 5.69 Å². The van der Waals surface area contributed by atoms with Gasteiger partial charge in [-0.15, -0.1) is 0 Å². The van der Waals surface area contributed by atoms with Gasteiger partial charge in [0.05, 0.1) is 37.6 Å². The number of amides is 1. The van der Waals surface area contributed by atoms with E-state index in [0.29, 0.717) is 13.1 Å². The van der Waals surface area contributed by atoms with Crippen molar-refractivity contribution in [1.82, 2.24) is 4.90 Å². The molecular weight excluding hydrogens is 282 g/mol. The van der Waals surface area contributed by atoms with Crippen LogP contribution in [0.3, 0.4) is 0 Å². The Labute approximate surface area is 122 Å². The molecule has 0 bridgehead atoms. The molecule has 0 atom stereocenters. The second kappa shape index (κ2) is 6.19. The van der Waals surface area contributed by atoms with Crippen LogP contribution in [0.15, 0.2) is 18.2 Å². The number of quaternary nitrogens is 1. The summed E-state index contributed by atoms with van der Waals surface area (Å²) in [6.45, 7) is 6.15. The highest BCUT2D eigenvalue weighted by Crippen LogP contribution is 2.24. The lowest BCUT2D eigenvalue weighted by atomic mass is 10.1. The lowest BCUT2D eigenvalue weighted by Crippen LogP contribution is -3.14. The van der Waals surface area contributed by atoms with Gasteiger partial charge in [-0.05, 0) is 19.1 Å². The van der Waals surface area contributed by atoms with Crippen LogP contribution in [0.25, 0.3) is 0 Å². The van der Waals surface area contributed by atoms with Gasteiger partial charge in [0, 0.05) is 11.1 Å². The van der Waals surface area contributed by atoms with Crippen molar-refractivity contribution in [2.45, 2.75) is 6.92 Å². The summed E-state index contributed by atoms with van der Waals surface area (Å²) in [5, 5.41) is 11.3. The highest BCUT2D eigenvalue weighted by atomic mass is 35.5. The minimum Gasteiger partial charge on any atom is -0.332 e. The van der Waals surface area contributed by atoms with Crippen molar-refractivity contribution in [3.05, 3.63) is 38.9 Å². The molecule has 0 radical (unpaired) electrons. The molecule has 0 unspecified atom stereocenters. The molecule has 6 nitrogen and oxygen atoms in total. The molecular formula is C13H17ClN3O3+. The van der Waals surface area contributed by atoms with E-state index in [9.17, 15) is 14.9 Å². The van der Waals surface area contributed by atoms with Gasteiger partial charge in [0.1, 0.15) is 5.56 Å². The Morgan fingerprint density at radius 2 is 2.10 bits per heavy atom. The number of halogens is 1. The molecule has 1 aliphatic heterocycles. The van der Waals surface area contributed by atoms with Crippen molar-refractivity contribution in [3.63, 3.8) is 0 Å². The number of piperazine rings is 1. The Kier molecular flexibility index (Phi) is 4.57. The summed E-state index contributed by atoms with van der Waals surface area (Å²) in [6, 6.07) is 4.17. The third-order valence-corrected chi connectivity index (χ3v) is 3.88. The molecule has 20 heavy (non-hydrogen) atoms. The zero-order chi connectivity index (χ0) is 14.7. The number of nitrogens with zero attached hydrogens (tertiary/aromatic N) is 2. The maximum atomic E-state index is 12.4. The first kappa shape index (κ1) is 14.7. The second-order valence-corrected chi connectivity index (χ2v) is 5.25. The van der Waals surface area contributed by atoms with E-state index < -0.39 is 4.92 Å². The first-order chi connectivity index (χ1) is 9.52. The minimum absolute atomic E-state index is 0.111. The van der Waals surface area contributed by atoms with Crippen LogP contribution < -0.4 is 4.90 Å². The van der Waals surface area contributed by atoms with Crippen molar-refractivity contribution in [1.29, 1.82) is 0 Å². The fourth-order valence-corrected chi connectivity index (χ4v) is 2.55. The number of nitro benzene ring substituents is 1. The van der Waals surface area contributed by atoms with Crippen LogP contribution in [0.5, 0.6) is 0 Å². The van der Waals surface area contributed by atoms with Gasteiger partial charge in [0.2, 0.25) is 0 Å². The number of nitrogens with one attached hydrogen (secondary N) is 1. The minimum atomic E-state index is -0.563. The third kappa shape index (κ3) is 3.08. The van der Waals surface area contributed by atoms with Crippen molar-refractivity contribution >= 4 is 23.2 Å². The summed E-state index contributed by atoms with van der Waals surface area (Å²) < 4.78 is 0. The highest BCUT2D eigenvalue weighted by molar-refractivity contribution is 6.31. The molecule has 1 fully saturated rings. The summed E-state index contributed by atoms with van der Waals surface area (Å²) in [5.41, 5.74) is -0.118. The average Bonchev–Trinajstić information content (AvgIpc) is 2.46. The summed E-state index contributed by atoms with van der Waals surface area (Å²) in [7, 11) is 0. The Hall–Kier alpha value is -1.66. The number of carbonyl (C=O) groups is 1. The number of nitro groups is 1. The Morgan fingerprint density at radius 3 is 2.65 bits per heavy atom. The van der Waals surface area contributed by atoms with Crippen LogP contribution >= 0.6 is 11.6 Å². The van der Waals surface area contributed by atoms with E-state index >= 15 is 0 Å². The van der Waals surface area contributed by atoms with Crippen LogP contribution in [0, 0.1) is 10.1 Å². The van der Waals surface area contributed by atoms with Gasteiger partial charge in [0.15, 0.2) is 0 Å². The van der Waals surface area contributed by atoms with Crippen molar-refractivity contribution in [3.8, 4) is 0 Å². The molecule has 1 N–H and O–H groups in total. The molecule has 1 amide bonds. The Balaban J connectivity index is 2.19. The smallest absolute Gasteiger partial charge is 0.283 e. The molecule has 7 heteroatoms. The molecule has 1 aromatic carbocycles. The number of hydrogen-bond donors (Lipinski definition) is 1. The number of carbonyl (C=O) groups excluding carboxylic acids is 1. The molecule has 0 spiro atoms. The van der Waals surface area contributed by atoms with E-state index in [4.69, 9.17) is 11.6 Å². The number of hydrogen-bond acceptors (Lipinski definition) is 3. The lowest BCUT2D eigenvalue weighted by molar-refractivity contribution is -0.902. The van der Waals surface area contributed by atoms with Gasteiger partial charge in [-0.3, -0.25) is 14.9 Å². The summed E-state index contributed by atoms with van der Waals surface area (Å²) in [6.07, 6.45) is 0. The number of benzene rings is 1. The van der Waals surface area contributed by atoms with E-state index in [0.717, 1.165) is 19.6 Å². The molecule has 1 saturated heterocycles. The van der Waals surface area contributed by atoms with Gasteiger partial charge in [0.25, 0.3) is 11.6 Å². The summed E-state index contributed by atoms with van der Waals surface area (Å²) in [5.74, 6) is -0.288. The average molecular weight is 299 g/mol. The monoisotopic (exact) mass is 298 g/mol. The van der Waals surface area contributed by atoms with E-state index in [1.165, 1.54) is 23.1 Å². The number of rotatable bonds is 3. The van der Waals surface area contributed by atoms with E-state index in [-0.39, 0.29) is 22.2 Å². The summed E-state index contributed by atoms with van der Waals surface area (Å²) in [4.78, 5) is 26.0. The normalized spacial score (nSPS) is 16.2. The number of likely N-dealkylation sites (N-methyl/N-ethyl adjacent to an activating group) is 1. The predicted molar refractivity (Wildman–Crippen MR) is 75.2 cm³/mol. The van der Waals surface area contributed by atoms with Gasteiger partial charge in [-0.2, -0.15) is 0 Å². The zero-order valence-corrected chi connectivity index (χ0v) is 12.0. The molecule has 108 valence electrons. The maximum absolute atomic E-state index is 12.4. The van der Waals surface area contributed by atoms with Crippen LogP contribution in [0.1, 0.15) is 17.3 Å². The SMILES string of the molecule is CC[NH+]1CCN(C(=O)c2ccc(Cl)cc2[N+](=O)[O-])CC1. The third-order valence-electron chi connectivity index (χ3n) is 3.64. The molecule has 0 aliphatic carbocycles. The van der Waals surface area contributed by atoms with Crippen LogP contribution in [-0.4, -0.2) is 48.5 Å². The zero-order valence-electron chi connectivity index (χ0n) is 11.3. The maximum Gasteiger partial charge on any atom is 0.283 e. The Bertz CT molecular complexity index is 528. The Morgan fingerprint density at radius 1 is 1.45 bits per heavy atom. The highest BCUT2D eigenvalue weighted by Gasteiger charge is 2.28. The summed E-state index contributed by atoms with van der Waals surface area (Å²) >= 11 is 5.76. The van der Waals surface area contributed by atoms with Gasteiger partial charge in [-0.25, -0.2) is 0 Å². The van der Waals surface area contributed by atoms with E-state index in [2.05, 4.69) is 6.92 Å². The van der Waals surface area contributed by atoms with Crippen LogP contribution in [0.2, 0.25) is 5.02 Å². The van der Waals surface area contributed by atoms with Gasteiger partial charge < -0.3 is 9.80 Å². The fraction of sp³-hybridized carbons (Fsp3) is 0.462. The van der Waals surface area contributed by atoms with Crippen molar-refractivity contribution in [2.24, 2.45) is 0 Å². The van der Waals surface area contributed by atoms with Crippen molar-refractivity contribution in [2.75, 3.05) is 32.7 Å². The lowest BCUT2D eigenvalue weighted by Gasteiger charge is -2.31. The van der Waals surface area contributed by atoms with Gasteiger partial charge in [-0.1, -0.05) is 11.6 Å². The standard InChI is InChI=1S/C13H16ClN3O3/c1-2-15-5-7-16(8-6-15)13(18)11-4-3-10(14)9-12(11)17(19)20/h3-4,9H,2,5-8H2,1H3/p+1. The first-order valence-electron chi connectivity index (χ1n) is 6.59. The quantitative estimate of drug-likeness (QED) is 0.657. The van der Waals surface area contributed by atoms with E-state index in [1.807, 2.05) is 0 Å². The van der Waals surface area contributed by atoms with Crippen LogP contribution in [-0.2, 0) is 0 Å². The molecule has 0 saturated carbocycles. The molecule has 0 aromatic heterocycles. The fourth-order valence-electron chi connectivity index (χ4n) is 2.39. The first-order valence-corrected chi connectivity index (χ1v) is 6.97. The van der Waals surface area contributed by atoms with E-state index in [1.54, 1.807) is 4.90 Å². The second-order valence-electron chi connectivity index (χ2n) is 4.81. The molecule has 2 rings (SSSR count). The van der Waals surface area contributed by atoms with Crippen molar-refractivity contribution < 1.29 is 14.6 Å².